The molecule has 0 radical (unpaired) electrons. The van der Waals surface area contributed by atoms with E-state index in [2.05, 4.69) is 0 Å². The number of cyclic esters (lactones) is 2. The van der Waals surface area contributed by atoms with Gasteiger partial charge in [0.1, 0.15) is 5.75 Å². The molecule has 0 spiro atoms. The number of carbonyl (C=O) groups is 1. The van der Waals surface area contributed by atoms with Gasteiger partial charge >= 0.3 is 6.16 Å². The van der Waals surface area contributed by atoms with Gasteiger partial charge in [-0.25, -0.2) is 4.79 Å². The minimum Gasteiger partial charge on any atom is -0.449 e. The van der Waals surface area contributed by atoms with Crippen molar-refractivity contribution in [1.82, 2.24) is 0 Å². The molecule has 0 aromatic heterocycles. The molecule has 1 heterocycles. The molecule has 0 amide bonds. The Morgan fingerprint density at radius 2 is 2.00 bits per heavy atom. The molecule has 4 nitrogen and oxygen atoms in total. The summed E-state index contributed by atoms with van der Waals surface area (Å²) in [5.41, 5.74) is 0. The molecule has 0 N–H and O–H groups in total. The van der Waals surface area contributed by atoms with Crippen molar-refractivity contribution in [3.8, 4) is 5.75 Å². The van der Waals surface area contributed by atoms with Crippen LogP contribution in [0.25, 0.3) is 0 Å². The summed E-state index contributed by atoms with van der Waals surface area (Å²) in [7, 11) is 0. The Bertz CT molecular complexity index is 362. The van der Waals surface area contributed by atoms with Gasteiger partial charge in [-0.15, -0.1) is 0 Å². The van der Waals surface area contributed by atoms with E-state index in [-0.39, 0.29) is 0 Å². The van der Waals surface area contributed by atoms with Gasteiger partial charge in [0, 0.05) is 6.92 Å². The maximum absolute atomic E-state index is 10.9. The Morgan fingerprint density at radius 3 is 2.53 bits per heavy atom. The van der Waals surface area contributed by atoms with Crippen LogP contribution in [-0.2, 0) is 9.47 Å². The molecule has 1 aliphatic rings. The van der Waals surface area contributed by atoms with Crippen LogP contribution in [0.5, 0.6) is 5.75 Å². The molecule has 1 saturated heterocycles. The lowest BCUT2D eigenvalue weighted by Gasteiger charge is -2.25. The maximum atomic E-state index is 10.9. The summed E-state index contributed by atoms with van der Waals surface area (Å²) < 4.78 is 15.4. The Hall–Kier alpha value is -1.71. The van der Waals surface area contributed by atoms with E-state index in [9.17, 15) is 4.79 Å². The van der Waals surface area contributed by atoms with Crippen molar-refractivity contribution >= 4 is 6.16 Å². The average molecular weight is 208 g/mol. The molecule has 1 aromatic rings. The van der Waals surface area contributed by atoms with E-state index in [0.717, 1.165) is 0 Å². The van der Waals surface area contributed by atoms with Crippen LogP contribution < -0.4 is 4.74 Å². The van der Waals surface area contributed by atoms with Crippen LogP contribution in [0.15, 0.2) is 30.3 Å². The van der Waals surface area contributed by atoms with Crippen LogP contribution in [-0.4, -0.2) is 18.0 Å². The topological polar surface area (TPSA) is 44.8 Å². The standard InChI is InChI=1S/C11H12O4/c1-8-11(2,15-10(12)13-8)14-9-6-4-3-5-7-9/h3-8H,1-2H3. The van der Waals surface area contributed by atoms with Gasteiger partial charge in [0.05, 0.1) is 0 Å². The van der Waals surface area contributed by atoms with Crippen molar-refractivity contribution in [1.29, 1.82) is 0 Å². The monoisotopic (exact) mass is 208 g/mol. The second-order valence-electron chi connectivity index (χ2n) is 3.54. The molecule has 1 aromatic carbocycles. The highest BCUT2D eigenvalue weighted by atomic mass is 16.9. The van der Waals surface area contributed by atoms with Gasteiger partial charge in [-0.05, 0) is 19.1 Å². The highest BCUT2D eigenvalue weighted by molar-refractivity contribution is 5.63. The summed E-state index contributed by atoms with van der Waals surface area (Å²) in [6.45, 7) is 3.41. The molecule has 4 heteroatoms. The van der Waals surface area contributed by atoms with Gasteiger partial charge in [0.25, 0.3) is 5.79 Å². The van der Waals surface area contributed by atoms with Crippen LogP contribution in [0.2, 0.25) is 0 Å². The van der Waals surface area contributed by atoms with Crippen LogP contribution >= 0.6 is 0 Å². The summed E-state index contributed by atoms with van der Waals surface area (Å²) in [5, 5.41) is 0. The van der Waals surface area contributed by atoms with Gasteiger partial charge in [-0.3, -0.25) is 0 Å². The van der Waals surface area contributed by atoms with E-state index in [0.29, 0.717) is 5.75 Å². The summed E-state index contributed by atoms with van der Waals surface area (Å²) in [4.78, 5) is 10.9. The van der Waals surface area contributed by atoms with Crippen LogP contribution in [0, 0.1) is 0 Å². The van der Waals surface area contributed by atoms with Crippen molar-refractivity contribution in [2.75, 3.05) is 0 Å². The number of hydrogen-bond acceptors (Lipinski definition) is 4. The van der Waals surface area contributed by atoms with Crippen molar-refractivity contribution in [2.45, 2.75) is 25.7 Å². The minimum absolute atomic E-state index is 0.426. The third-order valence-electron chi connectivity index (χ3n) is 2.36. The molecule has 2 unspecified atom stereocenters. The predicted octanol–water partition coefficient (Wildman–Crippen LogP) is 2.34. The zero-order valence-corrected chi connectivity index (χ0v) is 8.60. The Kier molecular flexibility index (Phi) is 2.26. The number of para-hydroxylation sites is 1. The lowest BCUT2D eigenvalue weighted by molar-refractivity contribution is -0.119. The van der Waals surface area contributed by atoms with E-state index in [4.69, 9.17) is 14.2 Å². The third kappa shape index (κ3) is 1.88. The first kappa shape index (κ1) is 9.83. The zero-order valence-electron chi connectivity index (χ0n) is 8.60. The SMILES string of the molecule is CC1OC(=O)OC1(C)Oc1ccccc1. The molecule has 0 bridgehead atoms. The fraction of sp³-hybridized carbons (Fsp3) is 0.364. The molecule has 1 aliphatic heterocycles. The molecule has 1 fully saturated rings. The fourth-order valence-electron chi connectivity index (χ4n) is 1.35. The summed E-state index contributed by atoms with van der Waals surface area (Å²) in [6, 6.07) is 9.17. The lowest BCUT2D eigenvalue weighted by Crippen LogP contribution is -2.40. The summed E-state index contributed by atoms with van der Waals surface area (Å²) >= 11 is 0. The summed E-state index contributed by atoms with van der Waals surface area (Å²) in [6.07, 6.45) is -1.12. The maximum Gasteiger partial charge on any atom is 0.512 e. The van der Waals surface area contributed by atoms with E-state index in [1.807, 2.05) is 18.2 Å². The largest absolute Gasteiger partial charge is 0.512 e. The summed E-state index contributed by atoms with van der Waals surface area (Å²) in [5.74, 6) is -0.400. The van der Waals surface area contributed by atoms with E-state index in [1.165, 1.54) is 0 Å². The normalized spacial score (nSPS) is 29.5. The van der Waals surface area contributed by atoms with Crippen LogP contribution in [0.4, 0.5) is 4.79 Å². The molecular weight excluding hydrogens is 196 g/mol. The van der Waals surface area contributed by atoms with Crippen molar-refractivity contribution in [2.24, 2.45) is 0 Å². The van der Waals surface area contributed by atoms with Gasteiger partial charge in [0.15, 0.2) is 6.10 Å². The van der Waals surface area contributed by atoms with Gasteiger partial charge < -0.3 is 14.2 Å². The first-order chi connectivity index (χ1) is 7.10. The van der Waals surface area contributed by atoms with Crippen LogP contribution in [0.3, 0.4) is 0 Å². The number of carbonyl (C=O) groups excluding carboxylic acids is 1. The molecule has 80 valence electrons. The fourth-order valence-corrected chi connectivity index (χ4v) is 1.35. The smallest absolute Gasteiger partial charge is 0.449 e. The van der Waals surface area contributed by atoms with E-state index in [1.54, 1.807) is 26.0 Å². The van der Waals surface area contributed by atoms with Gasteiger partial charge in [-0.2, -0.15) is 0 Å². The molecule has 2 atom stereocenters. The van der Waals surface area contributed by atoms with Gasteiger partial charge in [0.2, 0.25) is 0 Å². The number of hydrogen-bond donors (Lipinski definition) is 0. The zero-order chi connectivity index (χ0) is 10.9. The highest BCUT2D eigenvalue weighted by Gasteiger charge is 2.47. The van der Waals surface area contributed by atoms with E-state index < -0.39 is 18.0 Å². The van der Waals surface area contributed by atoms with Crippen molar-refractivity contribution in [3.63, 3.8) is 0 Å². The Morgan fingerprint density at radius 1 is 1.33 bits per heavy atom. The highest BCUT2D eigenvalue weighted by Crippen LogP contribution is 2.29. The van der Waals surface area contributed by atoms with Crippen LogP contribution in [0.1, 0.15) is 13.8 Å². The molecule has 0 aliphatic carbocycles. The molecular formula is C11H12O4. The molecule has 0 saturated carbocycles. The predicted molar refractivity (Wildman–Crippen MR) is 52.5 cm³/mol. The second kappa shape index (κ2) is 3.46. The number of benzene rings is 1. The second-order valence-corrected chi connectivity index (χ2v) is 3.54. The third-order valence-corrected chi connectivity index (χ3v) is 2.36. The van der Waals surface area contributed by atoms with Crippen molar-refractivity contribution in [3.05, 3.63) is 30.3 Å². The quantitative estimate of drug-likeness (QED) is 0.700. The average Bonchev–Trinajstić information content (AvgIpc) is 2.41. The Balaban J connectivity index is 2.15. The number of rotatable bonds is 2. The number of ether oxygens (including phenoxy) is 3. The Labute approximate surface area is 87.8 Å². The first-order valence-corrected chi connectivity index (χ1v) is 4.74. The van der Waals surface area contributed by atoms with Crippen molar-refractivity contribution < 1.29 is 19.0 Å². The van der Waals surface area contributed by atoms with Gasteiger partial charge in [-0.1, -0.05) is 18.2 Å². The molecule has 2 rings (SSSR count). The lowest BCUT2D eigenvalue weighted by atomic mass is 10.2. The first-order valence-electron chi connectivity index (χ1n) is 4.74. The van der Waals surface area contributed by atoms with E-state index >= 15 is 0 Å². The molecule has 15 heavy (non-hydrogen) atoms. The minimum atomic E-state index is -1.04.